The third kappa shape index (κ3) is 3.72. The van der Waals surface area contributed by atoms with Crippen LogP contribution in [-0.2, 0) is 9.59 Å². The summed E-state index contributed by atoms with van der Waals surface area (Å²) in [6, 6.07) is -0.771. The molecular weight excluding hydrogens is 146 g/mol. The highest BCUT2D eigenvalue weighted by atomic mass is 16.3. The van der Waals surface area contributed by atoms with E-state index in [1.165, 1.54) is 20.8 Å². The van der Waals surface area contributed by atoms with E-state index in [0.29, 0.717) is 0 Å². The Morgan fingerprint density at radius 1 is 1.36 bits per heavy atom. The molecule has 0 aliphatic heterocycles. The average molecular weight is 159 g/mol. The van der Waals surface area contributed by atoms with Gasteiger partial charge in [-0.05, 0) is 13.8 Å². The van der Waals surface area contributed by atoms with Gasteiger partial charge in [-0.25, -0.2) is 0 Å². The lowest BCUT2D eigenvalue weighted by Gasteiger charge is -2.16. The van der Waals surface area contributed by atoms with Crippen molar-refractivity contribution in [2.75, 3.05) is 0 Å². The molecular formula is C7H13NO3. The normalized spacial score (nSPS) is 15.3. The van der Waals surface area contributed by atoms with Crippen LogP contribution < -0.4 is 5.32 Å². The molecule has 0 heterocycles. The first-order chi connectivity index (χ1) is 4.95. The minimum atomic E-state index is -0.837. The summed E-state index contributed by atoms with van der Waals surface area (Å²) in [5, 5.41) is 11.3. The first kappa shape index (κ1) is 10.1. The summed E-state index contributed by atoms with van der Waals surface area (Å²) < 4.78 is 0. The van der Waals surface area contributed by atoms with Crippen molar-refractivity contribution in [1.82, 2.24) is 5.32 Å². The minimum absolute atomic E-state index is 0.241. The molecule has 1 amide bonds. The van der Waals surface area contributed by atoms with Crippen molar-refractivity contribution >= 4 is 11.7 Å². The molecule has 0 saturated carbocycles. The van der Waals surface area contributed by atoms with Gasteiger partial charge in [-0.2, -0.15) is 0 Å². The first-order valence-electron chi connectivity index (χ1n) is 3.40. The molecule has 2 N–H and O–H groups in total. The number of aliphatic hydroxyl groups excluding tert-OH is 1. The molecule has 11 heavy (non-hydrogen) atoms. The average Bonchev–Trinajstić information content (AvgIpc) is 1.81. The topological polar surface area (TPSA) is 66.4 Å². The summed E-state index contributed by atoms with van der Waals surface area (Å²) in [4.78, 5) is 21.2. The van der Waals surface area contributed by atoms with Crippen LogP contribution in [-0.4, -0.2) is 28.9 Å². The summed E-state index contributed by atoms with van der Waals surface area (Å²) in [6.45, 7) is 4.09. The third-order valence-electron chi connectivity index (χ3n) is 1.28. The Morgan fingerprint density at radius 3 is 1.91 bits per heavy atom. The van der Waals surface area contributed by atoms with E-state index in [9.17, 15) is 9.59 Å². The molecule has 2 atom stereocenters. The largest absolute Gasteiger partial charge is 0.391 e. The van der Waals surface area contributed by atoms with Gasteiger partial charge in [0, 0.05) is 6.92 Å². The zero-order valence-electron chi connectivity index (χ0n) is 6.92. The van der Waals surface area contributed by atoms with E-state index < -0.39 is 12.1 Å². The summed E-state index contributed by atoms with van der Waals surface area (Å²) >= 11 is 0. The fraction of sp³-hybridized carbons (Fsp3) is 0.714. The van der Waals surface area contributed by atoms with Crippen molar-refractivity contribution in [2.24, 2.45) is 0 Å². The Morgan fingerprint density at radius 2 is 1.82 bits per heavy atom. The molecule has 0 fully saturated rings. The van der Waals surface area contributed by atoms with Crippen LogP contribution in [0.2, 0.25) is 0 Å². The Hall–Kier alpha value is -0.900. The van der Waals surface area contributed by atoms with Gasteiger partial charge in [0.15, 0.2) is 5.78 Å². The van der Waals surface area contributed by atoms with Crippen molar-refractivity contribution in [1.29, 1.82) is 0 Å². The Balaban J connectivity index is 4.12. The van der Waals surface area contributed by atoms with Crippen LogP contribution in [0.15, 0.2) is 0 Å². The predicted octanol–water partition coefficient (Wildman–Crippen LogP) is -0.539. The fourth-order valence-corrected chi connectivity index (χ4v) is 0.781. The van der Waals surface area contributed by atoms with Crippen LogP contribution in [0.25, 0.3) is 0 Å². The second-order valence-electron chi connectivity index (χ2n) is 2.53. The Labute approximate surface area is 65.6 Å². The molecule has 0 unspecified atom stereocenters. The van der Waals surface area contributed by atoms with Gasteiger partial charge in [-0.3, -0.25) is 9.59 Å². The lowest BCUT2D eigenvalue weighted by Crippen LogP contribution is -2.45. The lowest BCUT2D eigenvalue weighted by molar-refractivity contribution is -0.128. The van der Waals surface area contributed by atoms with E-state index >= 15 is 0 Å². The second kappa shape index (κ2) is 4.08. The molecule has 0 bridgehead atoms. The lowest BCUT2D eigenvalue weighted by atomic mass is 10.1. The molecule has 4 nitrogen and oxygen atoms in total. The molecule has 64 valence electrons. The summed E-state index contributed by atoms with van der Waals surface area (Å²) in [7, 11) is 0. The Kier molecular flexibility index (Phi) is 3.74. The maximum atomic E-state index is 10.7. The number of rotatable bonds is 3. The van der Waals surface area contributed by atoms with E-state index in [1.807, 2.05) is 0 Å². The highest BCUT2D eigenvalue weighted by Gasteiger charge is 2.19. The number of aliphatic hydroxyl groups is 1. The quantitative estimate of drug-likeness (QED) is 0.581. The van der Waals surface area contributed by atoms with Crippen LogP contribution in [0.4, 0.5) is 0 Å². The molecule has 0 aliphatic rings. The van der Waals surface area contributed by atoms with Crippen LogP contribution in [0.5, 0.6) is 0 Å². The van der Waals surface area contributed by atoms with Crippen LogP contribution >= 0.6 is 0 Å². The van der Waals surface area contributed by atoms with Gasteiger partial charge < -0.3 is 10.4 Å². The predicted molar refractivity (Wildman–Crippen MR) is 40.0 cm³/mol. The van der Waals surface area contributed by atoms with Crippen LogP contribution in [0.1, 0.15) is 20.8 Å². The highest BCUT2D eigenvalue weighted by molar-refractivity contribution is 5.87. The van der Waals surface area contributed by atoms with E-state index in [4.69, 9.17) is 5.11 Å². The Bertz CT molecular complexity index is 165. The molecule has 0 saturated heterocycles. The number of carbonyl (C=O) groups excluding carboxylic acids is 2. The van der Waals surface area contributed by atoms with Crippen molar-refractivity contribution < 1.29 is 14.7 Å². The van der Waals surface area contributed by atoms with Gasteiger partial charge >= 0.3 is 0 Å². The summed E-state index contributed by atoms with van der Waals surface area (Å²) in [5.41, 5.74) is 0. The standard InChI is InChI=1S/C7H13NO3/c1-4(9)7(5(2)10)8-6(3)11/h4,7,9H,1-3H3,(H,8,11)/t4-,7+/m1/s1. The molecule has 4 heteroatoms. The highest BCUT2D eigenvalue weighted by Crippen LogP contribution is 1.93. The molecule has 0 aliphatic carbocycles. The van der Waals surface area contributed by atoms with Crippen LogP contribution in [0, 0.1) is 0 Å². The first-order valence-corrected chi connectivity index (χ1v) is 3.40. The minimum Gasteiger partial charge on any atom is -0.391 e. The number of Topliss-reactive ketones (excluding diaryl/α,β-unsaturated/α-hetero) is 1. The fourth-order valence-electron chi connectivity index (χ4n) is 0.781. The maximum Gasteiger partial charge on any atom is 0.217 e. The number of carbonyl (C=O) groups is 2. The van der Waals surface area contributed by atoms with Gasteiger partial charge in [-0.15, -0.1) is 0 Å². The molecule has 0 aromatic heterocycles. The van der Waals surface area contributed by atoms with E-state index in [2.05, 4.69) is 5.32 Å². The maximum absolute atomic E-state index is 10.7. The van der Waals surface area contributed by atoms with Crippen molar-refractivity contribution in [3.8, 4) is 0 Å². The van der Waals surface area contributed by atoms with Gasteiger partial charge in [0.05, 0.1) is 6.10 Å². The molecule has 0 radical (unpaired) electrons. The molecule has 0 aromatic carbocycles. The molecule has 0 spiro atoms. The second-order valence-corrected chi connectivity index (χ2v) is 2.53. The zero-order chi connectivity index (χ0) is 9.02. The van der Waals surface area contributed by atoms with Gasteiger partial charge in [0.2, 0.25) is 5.91 Å². The number of hydrogen-bond donors (Lipinski definition) is 2. The molecule has 0 aromatic rings. The van der Waals surface area contributed by atoms with Crippen molar-refractivity contribution in [3.63, 3.8) is 0 Å². The van der Waals surface area contributed by atoms with Gasteiger partial charge in [0.1, 0.15) is 6.04 Å². The van der Waals surface area contributed by atoms with Crippen molar-refractivity contribution in [2.45, 2.75) is 32.9 Å². The van der Waals surface area contributed by atoms with Crippen LogP contribution in [0.3, 0.4) is 0 Å². The van der Waals surface area contributed by atoms with E-state index in [0.717, 1.165) is 0 Å². The third-order valence-corrected chi connectivity index (χ3v) is 1.28. The smallest absolute Gasteiger partial charge is 0.217 e. The van der Waals surface area contributed by atoms with Gasteiger partial charge in [-0.1, -0.05) is 0 Å². The van der Waals surface area contributed by atoms with E-state index in [-0.39, 0.29) is 11.7 Å². The molecule has 0 rings (SSSR count). The zero-order valence-corrected chi connectivity index (χ0v) is 6.92. The summed E-state index contributed by atoms with van der Waals surface area (Å²) in [5.74, 6) is -0.554. The monoisotopic (exact) mass is 159 g/mol. The number of amides is 1. The number of ketones is 1. The number of hydrogen-bond acceptors (Lipinski definition) is 3. The van der Waals surface area contributed by atoms with Crippen molar-refractivity contribution in [3.05, 3.63) is 0 Å². The van der Waals surface area contributed by atoms with E-state index in [1.54, 1.807) is 0 Å². The number of nitrogens with one attached hydrogen (secondary N) is 1. The SMILES string of the molecule is CC(=O)N[C@H](C(C)=O)[C@@H](C)O. The van der Waals surface area contributed by atoms with Gasteiger partial charge in [0.25, 0.3) is 0 Å². The summed E-state index contributed by atoms with van der Waals surface area (Å²) in [6.07, 6.45) is -0.837.